The SMILES string of the molecule is CCN(C(=O)Cc1ccc(S(C)(=O)=O)cc1)C1CCN(CC[C@H](NC(=O)c2ccc(NC(C)=O)cc2)c2ccccc2)CC1. The summed E-state index contributed by atoms with van der Waals surface area (Å²) in [6.45, 7) is 6.59. The second-order valence-electron chi connectivity index (χ2n) is 11.3. The summed E-state index contributed by atoms with van der Waals surface area (Å²) in [6, 6.07) is 23.3. The van der Waals surface area contributed by atoms with Gasteiger partial charge in [0.15, 0.2) is 9.84 Å². The van der Waals surface area contributed by atoms with Crippen molar-refractivity contribution in [3.63, 3.8) is 0 Å². The predicted octanol–water partition coefficient (Wildman–Crippen LogP) is 4.47. The molecule has 3 amide bonds. The number of carbonyl (C=O) groups is 3. The van der Waals surface area contributed by atoms with Crippen LogP contribution in [0.25, 0.3) is 0 Å². The van der Waals surface area contributed by atoms with E-state index < -0.39 is 9.84 Å². The standard InChI is InChI=1S/C34H42N4O5S/c1-4-38(33(40)24-26-10-16-31(17-11-26)44(3,42)43)30-18-21-37(22-19-30)23-20-32(27-8-6-5-7-9-27)36-34(41)28-12-14-29(15-13-28)35-25(2)39/h5-17,30,32H,4,18-24H2,1-3H3,(H,35,39)(H,36,41)/t32-/m0/s1. The maximum absolute atomic E-state index is 13.2. The van der Waals surface area contributed by atoms with Gasteiger partial charge in [0.25, 0.3) is 5.91 Å². The summed E-state index contributed by atoms with van der Waals surface area (Å²) in [5.41, 5.74) is 3.01. The van der Waals surface area contributed by atoms with Gasteiger partial charge in [0.2, 0.25) is 11.8 Å². The number of likely N-dealkylation sites (tertiary alicyclic amines) is 1. The Balaban J connectivity index is 1.31. The Hall–Kier alpha value is -4.02. The van der Waals surface area contributed by atoms with Crippen molar-refractivity contribution in [1.82, 2.24) is 15.1 Å². The number of anilines is 1. The molecule has 1 aliphatic heterocycles. The van der Waals surface area contributed by atoms with Gasteiger partial charge in [-0.2, -0.15) is 0 Å². The Morgan fingerprint density at radius 3 is 2.14 bits per heavy atom. The van der Waals surface area contributed by atoms with Crippen LogP contribution in [0.4, 0.5) is 5.69 Å². The summed E-state index contributed by atoms with van der Waals surface area (Å²) in [6.07, 6.45) is 3.90. The van der Waals surface area contributed by atoms with Crippen LogP contribution in [0.3, 0.4) is 0 Å². The molecule has 9 nitrogen and oxygen atoms in total. The molecule has 1 aliphatic rings. The van der Waals surface area contributed by atoms with Crippen molar-refractivity contribution in [2.45, 2.75) is 56.5 Å². The van der Waals surface area contributed by atoms with Crippen molar-refractivity contribution < 1.29 is 22.8 Å². The monoisotopic (exact) mass is 618 g/mol. The maximum atomic E-state index is 13.2. The number of sulfone groups is 1. The highest BCUT2D eigenvalue weighted by Crippen LogP contribution is 2.23. The third-order valence-corrected chi connectivity index (χ3v) is 9.20. The fourth-order valence-electron chi connectivity index (χ4n) is 5.69. The third kappa shape index (κ3) is 9.24. The first kappa shape index (κ1) is 32.9. The molecule has 0 aromatic heterocycles. The van der Waals surface area contributed by atoms with Gasteiger partial charge in [-0.1, -0.05) is 42.5 Å². The lowest BCUT2D eigenvalue weighted by atomic mass is 9.99. The average Bonchev–Trinajstić information content (AvgIpc) is 3.00. The first-order valence-electron chi connectivity index (χ1n) is 15.1. The van der Waals surface area contributed by atoms with Crippen LogP contribution < -0.4 is 10.6 Å². The first-order valence-corrected chi connectivity index (χ1v) is 17.0. The number of likely N-dealkylation sites (N-methyl/N-ethyl adjacent to an activating group) is 1. The largest absolute Gasteiger partial charge is 0.345 e. The number of nitrogens with one attached hydrogen (secondary N) is 2. The number of rotatable bonds is 12. The van der Waals surface area contributed by atoms with Crippen molar-refractivity contribution in [1.29, 1.82) is 0 Å². The molecule has 0 unspecified atom stereocenters. The Morgan fingerprint density at radius 1 is 0.932 bits per heavy atom. The van der Waals surface area contributed by atoms with E-state index in [0.29, 0.717) is 17.8 Å². The van der Waals surface area contributed by atoms with Crippen molar-refractivity contribution in [2.75, 3.05) is 37.8 Å². The van der Waals surface area contributed by atoms with E-state index in [1.54, 1.807) is 48.5 Å². The second kappa shape index (κ2) is 15.1. The summed E-state index contributed by atoms with van der Waals surface area (Å²) in [5, 5.41) is 5.91. The minimum atomic E-state index is -3.27. The molecule has 3 aromatic rings. The molecule has 234 valence electrons. The normalized spacial score (nSPS) is 14.9. The van der Waals surface area contributed by atoms with Crippen LogP contribution in [0.5, 0.6) is 0 Å². The molecule has 0 radical (unpaired) electrons. The lowest BCUT2D eigenvalue weighted by Gasteiger charge is -2.38. The fraction of sp³-hybridized carbons (Fsp3) is 0.382. The lowest BCUT2D eigenvalue weighted by Crippen LogP contribution is -2.48. The van der Waals surface area contributed by atoms with Crippen molar-refractivity contribution in [3.8, 4) is 0 Å². The summed E-state index contributed by atoms with van der Waals surface area (Å²) in [7, 11) is -3.27. The zero-order valence-electron chi connectivity index (χ0n) is 25.7. The van der Waals surface area contributed by atoms with Crippen LogP contribution in [0, 0.1) is 0 Å². The van der Waals surface area contributed by atoms with Crippen LogP contribution in [-0.4, -0.2) is 74.4 Å². The zero-order chi connectivity index (χ0) is 31.7. The average molecular weight is 619 g/mol. The zero-order valence-corrected chi connectivity index (χ0v) is 26.5. The summed E-state index contributed by atoms with van der Waals surface area (Å²) in [4.78, 5) is 42.2. The number of hydrogen-bond acceptors (Lipinski definition) is 6. The van der Waals surface area contributed by atoms with E-state index in [-0.39, 0.29) is 41.1 Å². The second-order valence-corrected chi connectivity index (χ2v) is 13.3. The van der Waals surface area contributed by atoms with Gasteiger partial charge in [0, 0.05) is 56.7 Å². The van der Waals surface area contributed by atoms with Gasteiger partial charge in [-0.15, -0.1) is 0 Å². The molecule has 1 fully saturated rings. The summed E-state index contributed by atoms with van der Waals surface area (Å²) < 4.78 is 23.5. The minimum Gasteiger partial charge on any atom is -0.345 e. The summed E-state index contributed by atoms with van der Waals surface area (Å²) in [5.74, 6) is -0.284. The number of nitrogens with zero attached hydrogens (tertiary/aromatic N) is 2. The smallest absolute Gasteiger partial charge is 0.251 e. The molecule has 0 aliphatic carbocycles. The minimum absolute atomic E-state index is 0.0509. The van der Waals surface area contributed by atoms with E-state index in [1.807, 2.05) is 42.2 Å². The molecule has 44 heavy (non-hydrogen) atoms. The highest BCUT2D eigenvalue weighted by atomic mass is 32.2. The van der Waals surface area contributed by atoms with E-state index >= 15 is 0 Å². The third-order valence-electron chi connectivity index (χ3n) is 8.07. The Bertz CT molecular complexity index is 1520. The van der Waals surface area contributed by atoms with Crippen LogP contribution in [-0.2, 0) is 25.8 Å². The van der Waals surface area contributed by atoms with E-state index in [1.165, 1.54) is 13.2 Å². The van der Waals surface area contributed by atoms with Gasteiger partial charge >= 0.3 is 0 Å². The van der Waals surface area contributed by atoms with Crippen molar-refractivity contribution in [2.24, 2.45) is 0 Å². The predicted molar refractivity (Wildman–Crippen MR) is 172 cm³/mol. The molecule has 1 heterocycles. The Morgan fingerprint density at radius 2 is 1.57 bits per heavy atom. The number of benzene rings is 3. The number of carbonyl (C=O) groups excluding carboxylic acids is 3. The molecule has 2 N–H and O–H groups in total. The molecular formula is C34H42N4O5S. The number of hydrogen-bond donors (Lipinski definition) is 2. The van der Waals surface area contributed by atoms with E-state index in [0.717, 1.165) is 50.0 Å². The van der Waals surface area contributed by atoms with Crippen LogP contribution in [0.2, 0.25) is 0 Å². The molecule has 3 aromatic carbocycles. The van der Waals surface area contributed by atoms with Crippen molar-refractivity contribution in [3.05, 3.63) is 95.6 Å². The first-order chi connectivity index (χ1) is 21.0. The Kier molecular flexibility index (Phi) is 11.3. The van der Waals surface area contributed by atoms with Gasteiger partial charge < -0.3 is 20.4 Å². The van der Waals surface area contributed by atoms with Gasteiger partial charge in [0.05, 0.1) is 17.4 Å². The van der Waals surface area contributed by atoms with Crippen LogP contribution in [0.15, 0.2) is 83.8 Å². The molecule has 1 saturated heterocycles. The summed E-state index contributed by atoms with van der Waals surface area (Å²) >= 11 is 0. The molecule has 1 atom stereocenters. The van der Waals surface area contributed by atoms with Gasteiger partial charge in [0.1, 0.15) is 0 Å². The molecule has 0 saturated carbocycles. The van der Waals surface area contributed by atoms with Gasteiger partial charge in [-0.25, -0.2) is 8.42 Å². The van der Waals surface area contributed by atoms with Crippen LogP contribution in [0.1, 0.15) is 60.6 Å². The van der Waals surface area contributed by atoms with Gasteiger partial charge in [-0.05, 0) is 73.7 Å². The molecular weight excluding hydrogens is 576 g/mol. The Labute approximate surface area is 260 Å². The van der Waals surface area contributed by atoms with Gasteiger partial charge in [-0.3, -0.25) is 14.4 Å². The topological polar surface area (TPSA) is 116 Å². The highest BCUT2D eigenvalue weighted by molar-refractivity contribution is 7.90. The van der Waals surface area contributed by atoms with Crippen molar-refractivity contribution >= 4 is 33.2 Å². The van der Waals surface area contributed by atoms with E-state index in [9.17, 15) is 22.8 Å². The van der Waals surface area contributed by atoms with Crippen LogP contribution >= 0.6 is 0 Å². The molecule has 0 bridgehead atoms. The number of piperidine rings is 1. The quantitative estimate of drug-likeness (QED) is 0.310. The lowest BCUT2D eigenvalue weighted by molar-refractivity contribution is -0.133. The fourth-order valence-corrected chi connectivity index (χ4v) is 6.32. The highest BCUT2D eigenvalue weighted by Gasteiger charge is 2.27. The molecule has 10 heteroatoms. The molecule has 4 rings (SSSR count). The number of amides is 3. The van der Waals surface area contributed by atoms with E-state index in [4.69, 9.17) is 0 Å². The van der Waals surface area contributed by atoms with E-state index in [2.05, 4.69) is 15.5 Å². The maximum Gasteiger partial charge on any atom is 0.251 e. The molecule has 0 spiro atoms.